The van der Waals surface area contributed by atoms with Gasteiger partial charge in [0.25, 0.3) is 0 Å². The minimum absolute atomic E-state index is 0.0865. The average molecular weight is 165 g/mol. The quantitative estimate of drug-likeness (QED) is 0.666. The third-order valence-corrected chi connectivity index (χ3v) is 2.03. The molecule has 64 valence electrons. The molecule has 0 saturated heterocycles. The van der Waals surface area contributed by atoms with Gasteiger partial charge in [-0.1, -0.05) is 0 Å². The Hall–Kier alpha value is -1.16. The number of anilines is 1. The molecule has 3 N–H and O–H groups in total. The maximum Gasteiger partial charge on any atom is 0.133 e. The van der Waals surface area contributed by atoms with Crippen LogP contribution in [0.25, 0.3) is 0 Å². The third kappa shape index (κ3) is 1.25. The summed E-state index contributed by atoms with van der Waals surface area (Å²) >= 11 is 0. The Morgan fingerprint density at radius 1 is 1.58 bits per heavy atom. The lowest BCUT2D eigenvalue weighted by molar-refractivity contribution is 0.281. The van der Waals surface area contributed by atoms with Crippen LogP contribution in [0.15, 0.2) is 6.20 Å². The van der Waals surface area contributed by atoms with Gasteiger partial charge in [0, 0.05) is 17.7 Å². The van der Waals surface area contributed by atoms with Crippen molar-refractivity contribution in [1.82, 2.24) is 9.97 Å². The number of rotatable bonds is 2. The molecule has 1 saturated carbocycles. The number of nitrogens with two attached hydrogens (primary N) is 1. The van der Waals surface area contributed by atoms with E-state index in [9.17, 15) is 0 Å². The van der Waals surface area contributed by atoms with Crippen LogP contribution in [-0.4, -0.2) is 15.1 Å². The SMILES string of the molecule is Nc1nc(C2CC2)ncc1CO. The van der Waals surface area contributed by atoms with Crippen LogP contribution in [0.4, 0.5) is 5.82 Å². The fourth-order valence-corrected chi connectivity index (χ4v) is 1.09. The van der Waals surface area contributed by atoms with E-state index in [-0.39, 0.29) is 6.61 Å². The van der Waals surface area contributed by atoms with Gasteiger partial charge in [-0.2, -0.15) is 0 Å². The molecule has 4 nitrogen and oxygen atoms in total. The lowest BCUT2D eigenvalue weighted by Gasteiger charge is -2.02. The fourth-order valence-electron chi connectivity index (χ4n) is 1.09. The first-order valence-corrected chi connectivity index (χ1v) is 4.03. The van der Waals surface area contributed by atoms with Crippen LogP contribution in [0, 0.1) is 0 Å². The Kier molecular flexibility index (Phi) is 1.69. The van der Waals surface area contributed by atoms with E-state index < -0.39 is 0 Å². The Labute approximate surface area is 70.5 Å². The zero-order chi connectivity index (χ0) is 8.55. The second kappa shape index (κ2) is 2.71. The van der Waals surface area contributed by atoms with Gasteiger partial charge in [0.05, 0.1) is 6.61 Å². The number of aromatic nitrogens is 2. The molecule has 1 aromatic rings. The van der Waals surface area contributed by atoms with Crippen LogP contribution in [0.1, 0.15) is 30.1 Å². The lowest BCUT2D eigenvalue weighted by atomic mass is 10.3. The normalized spacial score (nSPS) is 16.4. The van der Waals surface area contributed by atoms with Crippen molar-refractivity contribution in [3.8, 4) is 0 Å². The number of nitrogens with zero attached hydrogens (tertiary/aromatic N) is 2. The van der Waals surface area contributed by atoms with Gasteiger partial charge in [0.2, 0.25) is 0 Å². The Morgan fingerprint density at radius 2 is 2.33 bits per heavy atom. The smallest absolute Gasteiger partial charge is 0.133 e. The highest BCUT2D eigenvalue weighted by Gasteiger charge is 2.26. The Morgan fingerprint density at radius 3 is 2.83 bits per heavy atom. The molecular formula is C8H11N3O. The molecule has 1 aliphatic carbocycles. The zero-order valence-corrected chi connectivity index (χ0v) is 6.70. The van der Waals surface area contributed by atoms with E-state index in [1.54, 1.807) is 6.20 Å². The minimum Gasteiger partial charge on any atom is -0.391 e. The molecule has 12 heavy (non-hydrogen) atoms. The molecule has 1 heterocycles. The van der Waals surface area contributed by atoms with Crippen LogP contribution < -0.4 is 5.73 Å². The monoisotopic (exact) mass is 165 g/mol. The van der Waals surface area contributed by atoms with Gasteiger partial charge in [-0.25, -0.2) is 9.97 Å². The summed E-state index contributed by atoms with van der Waals surface area (Å²) in [6.45, 7) is -0.0865. The highest BCUT2D eigenvalue weighted by atomic mass is 16.3. The predicted octanol–water partition coefficient (Wildman–Crippen LogP) is 0.428. The van der Waals surface area contributed by atoms with E-state index in [0.717, 1.165) is 18.7 Å². The van der Waals surface area contributed by atoms with Gasteiger partial charge < -0.3 is 10.8 Å². The van der Waals surface area contributed by atoms with E-state index in [1.165, 1.54) is 0 Å². The second-order valence-electron chi connectivity index (χ2n) is 3.07. The molecule has 0 unspecified atom stereocenters. The summed E-state index contributed by atoms with van der Waals surface area (Å²) in [5.41, 5.74) is 6.20. The van der Waals surface area contributed by atoms with Crippen LogP contribution in [0.5, 0.6) is 0 Å². The summed E-state index contributed by atoms with van der Waals surface area (Å²) in [6, 6.07) is 0. The van der Waals surface area contributed by atoms with Gasteiger partial charge in [0.1, 0.15) is 11.6 Å². The highest BCUT2D eigenvalue weighted by Crippen LogP contribution is 2.38. The molecule has 0 aromatic carbocycles. The van der Waals surface area contributed by atoms with Crippen molar-refractivity contribution < 1.29 is 5.11 Å². The van der Waals surface area contributed by atoms with Gasteiger partial charge >= 0.3 is 0 Å². The summed E-state index contributed by atoms with van der Waals surface area (Å²) in [5.74, 6) is 1.75. The van der Waals surface area contributed by atoms with Gasteiger partial charge in [-0.3, -0.25) is 0 Å². The van der Waals surface area contributed by atoms with Crippen LogP contribution in [0.3, 0.4) is 0 Å². The Balaban J connectivity index is 2.30. The van der Waals surface area contributed by atoms with E-state index in [0.29, 0.717) is 17.3 Å². The molecule has 0 spiro atoms. The first-order valence-electron chi connectivity index (χ1n) is 4.03. The Bertz CT molecular complexity index is 296. The van der Waals surface area contributed by atoms with Gasteiger partial charge in [-0.15, -0.1) is 0 Å². The van der Waals surface area contributed by atoms with Crippen molar-refractivity contribution in [2.75, 3.05) is 5.73 Å². The highest BCUT2D eigenvalue weighted by molar-refractivity contribution is 5.37. The van der Waals surface area contributed by atoms with Crippen molar-refractivity contribution >= 4 is 5.82 Å². The summed E-state index contributed by atoms with van der Waals surface area (Å²) < 4.78 is 0. The molecule has 0 atom stereocenters. The second-order valence-corrected chi connectivity index (χ2v) is 3.07. The summed E-state index contributed by atoms with van der Waals surface area (Å²) in [7, 11) is 0. The predicted molar refractivity (Wildman–Crippen MR) is 44.3 cm³/mol. The number of hydrogen-bond acceptors (Lipinski definition) is 4. The van der Waals surface area contributed by atoms with Gasteiger partial charge in [-0.05, 0) is 12.8 Å². The largest absolute Gasteiger partial charge is 0.391 e. The van der Waals surface area contributed by atoms with E-state index in [2.05, 4.69) is 9.97 Å². The maximum atomic E-state index is 8.80. The third-order valence-electron chi connectivity index (χ3n) is 2.03. The molecule has 4 heteroatoms. The van der Waals surface area contributed by atoms with Crippen LogP contribution in [-0.2, 0) is 6.61 Å². The number of hydrogen-bond donors (Lipinski definition) is 2. The molecule has 0 radical (unpaired) electrons. The van der Waals surface area contributed by atoms with Crippen molar-refractivity contribution in [3.05, 3.63) is 17.6 Å². The first kappa shape index (κ1) is 7.49. The molecule has 0 amide bonds. The fraction of sp³-hybridized carbons (Fsp3) is 0.500. The topological polar surface area (TPSA) is 72.0 Å². The van der Waals surface area contributed by atoms with Crippen molar-refractivity contribution in [2.45, 2.75) is 25.4 Å². The number of aliphatic hydroxyl groups excluding tert-OH is 1. The minimum atomic E-state index is -0.0865. The van der Waals surface area contributed by atoms with Crippen LogP contribution >= 0.6 is 0 Å². The van der Waals surface area contributed by atoms with Crippen molar-refractivity contribution in [1.29, 1.82) is 0 Å². The van der Waals surface area contributed by atoms with Crippen molar-refractivity contribution in [3.63, 3.8) is 0 Å². The van der Waals surface area contributed by atoms with E-state index in [1.807, 2.05) is 0 Å². The average Bonchev–Trinajstić information content (AvgIpc) is 2.86. The van der Waals surface area contributed by atoms with Gasteiger partial charge in [0.15, 0.2) is 0 Å². The summed E-state index contributed by atoms with van der Waals surface area (Å²) in [6.07, 6.45) is 3.94. The first-order chi connectivity index (χ1) is 5.81. The molecule has 0 aliphatic heterocycles. The molecule has 1 fully saturated rings. The molecule has 2 rings (SSSR count). The lowest BCUT2D eigenvalue weighted by Crippen LogP contribution is -2.02. The number of aliphatic hydroxyl groups is 1. The zero-order valence-electron chi connectivity index (χ0n) is 6.70. The molecule has 0 bridgehead atoms. The summed E-state index contributed by atoms with van der Waals surface area (Å²) in [5, 5.41) is 8.80. The molecule has 1 aliphatic rings. The van der Waals surface area contributed by atoms with Crippen LogP contribution in [0.2, 0.25) is 0 Å². The summed E-state index contributed by atoms with van der Waals surface area (Å²) in [4.78, 5) is 8.23. The van der Waals surface area contributed by atoms with E-state index >= 15 is 0 Å². The number of nitrogen functional groups attached to an aromatic ring is 1. The molecular weight excluding hydrogens is 154 g/mol. The van der Waals surface area contributed by atoms with E-state index in [4.69, 9.17) is 10.8 Å². The van der Waals surface area contributed by atoms with Crippen molar-refractivity contribution in [2.24, 2.45) is 0 Å². The molecule has 1 aromatic heterocycles. The maximum absolute atomic E-state index is 8.80. The standard InChI is InChI=1S/C8H11N3O/c9-7-6(4-12)3-10-8(11-7)5-1-2-5/h3,5,12H,1-2,4H2,(H2,9,10,11).